The largest absolute Gasteiger partial charge is 0.481 e. The monoisotopic (exact) mass is 356 g/mol. The molecule has 7 nitrogen and oxygen atoms in total. The van der Waals surface area contributed by atoms with Gasteiger partial charge in [-0.05, 0) is 35.3 Å². The zero-order valence-corrected chi connectivity index (χ0v) is 12.7. The van der Waals surface area contributed by atoms with E-state index >= 15 is 0 Å². The van der Waals surface area contributed by atoms with Gasteiger partial charge in [-0.3, -0.25) is 19.7 Å². The molecule has 0 radical (unpaired) electrons. The van der Waals surface area contributed by atoms with Crippen LogP contribution in [0.15, 0.2) is 22.7 Å². The third kappa shape index (κ3) is 2.76. The molecule has 1 N–H and O–H groups in total. The number of nitro benzene ring substituents is 1. The van der Waals surface area contributed by atoms with E-state index < -0.39 is 28.8 Å². The zero-order valence-electron chi connectivity index (χ0n) is 11.2. The smallest absolute Gasteiger partial charge is 0.308 e. The molecule has 2 unspecified atom stereocenters. The minimum atomic E-state index is -0.934. The van der Waals surface area contributed by atoms with Crippen molar-refractivity contribution < 1.29 is 19.6 Å². The number of benzene rings is 1. The van der Waals surface area contributed by atoms with Crippen LogP contribution in [0.4, 0.5) is 5.69 Å². The molecule has 0 aliphatic carbocycles. The summed E-state index contributed by atoms with van der Waals surface area (Å²) in [6.45, 7) is 2.00. The number of nitrogens with zero attached hydrogens (tertiary/aromatic N) is 2. The number of nitro groups is 1. The molecule has 21 heavy (non-hydrogen) atoms. The molecular weight excluding hydrogens is 344 g/mol. The van der Waals surface area contributed by atoms with Crippen molar-refractivity contribution in [2.75, 3.05) is 6.54 Å². The molecule has 1 aromatic rings. The summed E-state index contributed by atoms with van der Waals surface area (Å²) in [6.07, 6.45) is 0.384. The molecule has 1 fully saturated rings. The van der Waals surface area contributed by atoms with Gasteiger partial charge in [0.1, 0.15) is 4.47 Å². The Morgan fingerprint density at radius 1 is 1.48 bits per heavy atom. The van der Waals surface area contributed by atoms with E-state index in [9.17, 15) is 19.7 Å². The third-order valence-corrected chi connectivity index (χ3v) is 4.57. The lowest BCUT2D eigenvalue weighted by Gasteiger charge is -2.23. The maximum Gasteiger partial charge on any atom is 0.308 e. The van der Waals surface area contributed by atoms with Crippen LogP contribution >= 0.6 is 15.9 Å². The Morgan fingerprint density at radius 2 is 2.14 bits per heavy atom. The summed E-state index contributed by atoms with van der Waals surface area (Å²) in [6, 6.07) is 3.78. The van der Waals surface area contributed by atoms with Crippen molar-refractivity contribution in [3.63, 3.8) is 0 Å². The van der Waals surface area contributed by atoms with Gasteiger partial charge < -0.3 is 10.0 Å². The molecule has 0 saturated carbocycles. The quantitative estimate of drug-likeness (QED) is 0.661. The second kappa shape index (κ2) is 5.80. The van der Waals surface area contributed by atoms with E-state index in [1.165, 1.54) is 23.1 Å². The summed E-state index contributed by atoms with van der Waals surface area (Å²) in [5.74, 6) is -1.94. The van der Waals surface area contributed by atoms with Crippen LogP contribution in [-0.4, -0.2) is 39.4 Å². The Hall–Kier alpha value is -1.96. The summed E-state index contributed by atoms with van der Waals surface area (Å²) in [5.41, 5.74) is -0.0235. The Kier molecular flexibility index (Phi) is 4.26. The van der Waals surface area contributed by atoms with Gasteiger partial charge in [-0.1, -0.05) is 6.07 Å². The molecule has 1 aromatic carbocycles. The Morgan fingerprint density at radius 3 is 2.67 bits per heavy atom. The number of likely N-dealkylation sites (tertiary alicyclic amines) is 1. The minimum absolute atomic E-state index is 0.117. The fourth-order valence-corrected chi connectivity index (χ4v) is 3.12. The average Bonchev–Trinajstić information content (AvgIpc) is 2.80. The number of aliphatic carboxylic acids is 1. The molecule has 0 bridgehead atoms. The molecule has 1 amide bonds. The van der Waals surface area contributed by atoms with Crippen LogP contribution in [0.5, 0.6) is 0 Å². The van der Waals surface area contributed by atoms with Crippen LogP contribution in [0.2, 0.25) is 0 Å². The van der Waals surface area contributed by atoms with Crippen molar-refractivity contribution in [1.82, 2.24) is 4.90 Å². The predicted octanol–water partition coefficient (Wildman–Crippen LogP) is 2.29. The molecule has 0 aromatic heterocycles. The molecule has 1 aliphatic rings. The minimum Gasteiger partial charge on any atom is -0.481 e. The van der Waals surface area contributed by atoms with E-state index in [-0.39, 0.29) is 15.7 Å². The van der Waals surface area contributed by atoms with Gasteiger partial charge in [0.25, 0.3) is 11.6 Å². The normalized spacial score (nSPS) is 21.3. The second-order valence-corrected chi connectivity index (χ2v) is 5.66. The second-order valence-electron chi connectivity index (χ2n) is 4.87. The van der Waals surface area contributed by atoms with Gasteiger partial charge in [0, 0.05) is 18.7 Å². The first-order valence-corrected chi connectivity index (χ1v) is 7.10. The molecule has 112 valence electrons. The van der Waals surface area contributed by atoms with Gasteiger partial charge in [0.05, 0.1) is 16.4 Å². The number of carboxylic acid groups (broad SMARTS) is 1. The fraction of sp³-hybridized carbons (Fsp3) is 0.385. The highest BCUT2D eigenvalue weighted by molar-refractivity contribution is 9.10. The van der Waals surface area contributed by atoms with Gasteiger partial charge in [-0.2, -0.15) is 0 Å². The zero-order chi connectivity index (χ0) is 15.7. The van der Waals surface area contributed by atoms with E-state index in [4.69, 9.17) is 5.11 Å². The van der Waals surface area contributed by atoms with Crippen molar-refractivity contribution >= 4 is 33.5 Å². The van der Waals surface area contributed by atoms with E-state index in [1.807, 2.05) is 0 Å². The Labute approximate surface area is 128 Å². The lowest BCUT2D eigenvalue weighted by atomic mass is 10.0. The number of carboxylic acids is 1. The maximum atomic E-state index is 12.5. The molecule has 2 atom stereocenters. The highest BCUT2D eigenvalue weighted by Gasteiger charge is 2.39. The molecule has 1 saturated heterocycles. The topological polar surface area (TPSA) is 101 Å². The van der Waals surface area contributed by atoms with Crippen LogP contribution in [0.3, 0.4) is 0 Å². The lowest BCUT2D eigenvalue weighted by Crippen LogP contribution is -2.37. The molecule has 8 heteroatoms. The SMILES string of the molecule is CC1C(C(=O)O)CCN1C(=O)c1cccc([N+](=O)[O-])c1Br. The van der Waals surface area contributed by atoms with Crippen LogP contribution in [0.25, 0.3) is 0 Å². The van der Waals surface area contributed by atoms with Gasteiger partial charge in [-0.25, -0.2) is 0 Å². The first-order chi connectivity index (χ1) is 9.84. The molecular formula is C13H13BrN2O5. The fourth-order valence-electron chi connectivity index (χ4n) is 2.54. The summed E-state index contributed by atoms with van der Waals surface area (Å²) in [7, 11) is 0. The molecule has 2 rings (SSSR count). The van der Waals surface area contributed by atoms with Gasteiger partial charge in [-0.15, -0.1) is 0 Å². The van der Waals surface area contributed by atoms with Gasteiger partial charge in [0.15, 0.2) is 0 Å². The number of hydrogen-bond donors (Lipinski definition) is 1. The average molecular weight is 357 g/mol. The summed E-state index contributed by atoms with van der Waals surface area (Å²) in [4.78, 5) is 35.4. The van der Waals surface area contributed by atoms with Crippen molar-refractivity contribution in [2.45, 2.75) is 19.4 Å². The van der Waals surface area contributed by atoms with Gasteiger partial charge >= 0.3 is 5.97 Å². The number of rotatable bonds is 3. The van der Waals surface area contributed by atoms with E-state index in [1.54, 1.807) is 6.92 Å². The number of carbonyl (C=O) groups excluding carboxylic acids is 1. The van der Waals surface area contributed by atoms with Gasteiger partial charge in [0.2, 0.25) is 0 Å². The summed E-state index contributed by atoms with van der Waals surface area (Å²) < 4.78 is 0.117. The van der Waals surface area contributed by atoms with Crippen molar-refractivity contribution in [2.24, 2.45) is 5.92 Å². The number of hydrogen-bond acceptors (Lipinski definition) is 4. The molecule has 1 aliphatic heterocycles. The lowest BCUT2D eigenvalue weighted by molar-refractivity contribution is -0.385. The summed E-state index contributed by atoms with van der Waals surface area (Å²) >= 11 is 3.09. The number of carbonyl (C=O) groups is 2. The number of halogens is 1. The highest BCUT2D eigenvalue weighted by atomic mass is 79.9. The van der Waals surface area contributed by atoms with Crippen LogP contribution < -0.4 is 0 Å². The maximum absolute atomic E-state index is 12.5. The summed E-state index contributed by atoms with van der Waals surface area (Å²) in [5, 5.41) is 20.0. The van der Waals surface area contributed by atoms with Crippen LogP contribution in [-0.2, 0) is 4.79 Å². The van der Waals surface area contributed by atoms with Crippen LogP contribution in [0, 0.1) is 16.0 Å². The first kappa shape index (κ1) is 15.4. The van der Waals surface area contributed by atoms with E-state index in [0.29, 0.717) is 13.0 Å². The standard InChI is InChI=1S/C13H13BrN2O5/c1-7-8(13(18)19)5-6-15(7)12(17)9-3-2-4-10(11(9)14)16(20)21/h2-4,7-8H,5-6H2,1H3,(H,18,19). The first-order valence-electron chi connectivity index (χ1n) is 6.31. The number of amides is 1. The van der Waals surface area contributed by atoms with Crippen LogP contribution in [0.1, 0.15) is 23.7 Å². The van der Waals surface area contributed by atoms with E-state index in [0.717, 1.165) is 0 Å². The molecule has 1 heterocycles. The third-order valence-electron chi connectivity index (χ3n) is 3.74. The van der Waals surface area contributed by atoms with E-state index in [2.05, 4.69) is 15.9 Å². The van der Waals surface area contributed by atoms with Crippen molar-refractivity contribution in [3.8, 4) is 0 Å². The van der Waals surface area contributed by atoms with Crippen molar-refractivity contribution in [3.05, 3.63) is 38.3 Å². The predicted molar refractivity (Wildman–Crippen MR) is 77.0 cm³/mol. The van der Waals surface area contributed by atoms with Crippen molar-refractivity contribution in [1.29, 1.82) is 0 Å². The Balaban J connectivity index is 2.32. The molecule has 0 spiro atoms. The highest BCUT2D eigenvalue weighted by Crippen LogP contribution is 2.32. The Bertz CT molecular complexity index is 619.